The number of rotatable bonds is 0. The number of hydrogen-bond donors (Lipinski definition) is 1. The minimum Gasteiger partial charge on any atom is -0.354 e. The molecule has 0 aliphatic carbocycles. The fourth-order valence-electron chi connectivity index (χ4n) is 0.696. The maximum Gasteiger partial charge on any atom is 0.129 e. The zero-order chi connectivity index (χ0) is 9.19. The van der Waals surface area contributed by atoms with E-state index in [-0.39, 0.29) is 0 Å². The lowest BCUT2D eigenvalue weighted by Crippen LogP contribution is -2.16. The van der Waals surface area contributed by atoms with Crippen LogP contribution < -0.4 is 0 Å². The molecule has 1 rings (SSSR count). The van der Waals surface area contributed by atoms with E-state index in [0.717, 1.165) is 5.69 Å². The maximum atomic E-state index is 5.85. The van der Waals surface area contributed by atoms with Crippen molar-refractivity contribution in [2.75, 3.05) is 0 Å². The summed E-state index contributed by atoms with van der Waals surface area (Å²) in [6.45, 7) is 6.62. The Morgan fingerprint density at radius 1 is 1.42 bits per heavy atom. The SMILES string of the molecule is C[Si](C)(C)C#Cc1[nH]ccc1Cl. The third-order valence-corrected chi connectivity index (χ3v) is 2.45. The number of aromatic nitrogens is 1. The van der Waals surface area contributed by atoms with Gasteiger partial charge >= 0.3 is 0 Å². The van der Waals surface area contributed by atoms with Gasteiger partial charge in [-0.1, -0.05) is 37.2 Å². The number of aromatic amines is 1. The molecule has 0 aliphatic heterocycles. The highest BCUT2D eigenvalue weighted by Crippen LogP contribution is 2.11. The molecule has 0 unspecified atom stereocenters. The zero-order valence-electron chi connectivity index (χ0n) is 7.53. The average Bonchev–Trinajstić information content (AvgIpc) is 2.29. The lowest BCUT2D eigenvalue weighted by molar-refractivity contribution is 1.37. The van der Waals surface area contributed by atoms with E-state index in [0.29, 0.717) is 5.02 Å². The van der Waals surface area contributed by atoms with E-state index in [4.69, 9.17) is 11.6 Å². The van der Waals surface area contributed by atoms with Gasteiger partial charge < -0.3 is 4.98 Å². The van der Waals surface area contributed by atoms with E-state index in [2.05, 4.69) is 36.1 Å². The molecule has 12 heavy (non-hydrogen) atoms. The van der Waals surface area contributed by atoms with Crippen LogP contribution in [0.15, 0.2) is 12.3 Å². The van der Waals surface area contributed by atoms with E-state index in [1.165, 1.54) is 0 Å². The Labute approximate surface area is 79.1 Å². The van der Waals surface area contributed by atoms with Gasteiger partial charge in [0.15, 0.2) is 0 Å². The number of hydrogen-bond acceptors (Lipinski definition) is 0. The van der Waals surface area contributed by atoms with Crippen LogP contribution in [0.25, 0.3) is 0 Å². The topological polar surface area (TPSA) is 15.8 Å². The van der Waals surface area contributed by atoms with Gasteiger partial charge in [-0.15, -0.1) is 5.54 Å². The molecular weight excluding hydrogens is 186 g/mol. The van der Waals surface area contributed by atoms with Crippen molar-refractivity contribution in [3.8, 4) is 11.5 Å². The second-order valence-corrected chi connectivity index (χ2v) is 8.86. The van der Waals surface area contributed by atoms with Crippen LogP contribution in [0.5, 0.6) is 0 Å². The van der Waals surface area contributed by atoms with Crippen LogP contribution in [0.4, 0.5) is 0 Å². The summed E-state index contributed by atoms with van der Waals surface area (Å²) in [5.41, 5.74) is 4.07. The maximum absolute atomic E-state index is 5.85. The van der Waals surface area contributed by atoms with E-state index in [9.17, 15) is 0 Å². The largest absolute Gasteiger partial charge is 0.354 e. The molecule has 0 amide bonds. The molecule has 0 aliphatic rings. The molecule has 1 N–H and O–H groups in total. The summed E-state index contributed by atoms with van der Waals surface area (Å²) < 4.78 is 0. The normalized spacial score (nSPS) is 10.7. The molecule has 0 radical (unpaired) electrons. The predicted molar refractivity (Wildman–Crippen MR) is 56.0 cm³/mol. The van der Waals surface area contributed by atoms with E-state index >= 15 is 0 Å². The molecule has 64 valence electrons. The fraction of sp³-hybridized carbons (Fsp3) is 0.333. The monoisotopic (exact) mass is 197 g/mol. The van der Waals surface area contributed by atoms with Gasteiger partial charge in [0.25, 0.3) is 0 Å². The Kier molecular flexibility index (Phi) is 2.66. The molecule has 0 spiro atoms. The first kappa shape index (κ1) is 9.44. The van der Waals surface area contributed by atoms with Crippen molar-refractivity contribution in [3.05, 3.63) is 23.0 Å². The second-order valence-electron chi connectivity index (χ2n) is 3.70. The minimum atomic E-state index is -1.28. The summed E-state index contributed by atoms with van der Waals surface area (Å²) in [5, 5.41) is 0.709. The molecular formula is C9H12ClNSi. The van der Waals surface area contributed by atoms with Gasteiger partial charge in [-0.05, 0) is 6.07 Å². The van der Waals surface area contributed by atoms with Crippen LogP contribution in [0.2, 0.25) is 24.7 Å². The Bertz CT molecular complexity index is 324. The van der Waals surface area contributed by atoms with Crippen LogP contribution >= 0.6 is 11.6 Å². The first-order valence-corrected chi connectivity index (χ1v) is 7.73. The average molecular weight is 198 g/mol. The zero-order valence-corrected chi connectivity index (χ0v) is 9.29. The predicted octanol–water partition coefficient (Wildman–Crippen LogP) is 2.90. The van der Waals surface area contributed by atoms with Crippen LogP contribution in [0.3, 0.4) is 0 Å². The highest BCUT2D eigenvalue weighted by atomic mass is 35.5. The molecule has 0 fully saturated rings. The summed E-state index contributed by atoms with van der Waals surface area (Å²) in [4.78, 5) is 2.99. The molecule has 0 saturated carbocycles. The van der Waals surface area contributed by atoms with Crippen molar-refractivity contribution in [2.45, 2.75) is 19.6 Å². The van der Waals surface area contributed by atoms with Crippen molar-refractivity contribution in [2.24, 2.45) is 0 Å². The lowest BCUT2D eigenvalue weighted by Gasteiger charge is -2.02. The van der Waals surface area contributed by atoms with Gasteiger partial charge in [0.1, 0.15) is 13.8 Å². The van der Waals surface area contributed by atoms with Gasteiger partial charge in [-0.3, -0.25) is 0 Å². The Hall–Kier alpha value is -0.653. The van der Waals surface area contributed by atoms with Gasteiger partial charge in [-0.2, -0.15) is 0 Å². The Morgan fingerprint density at radius 3 is 2.50 bits per heavy atom. The summed E-state index contributed by atoms with van der Waals surface area (Å²) in [7, 11) is -1.28. The third kappa shape index (κ3) is 2.76. The number of halogens is 1. The van der Waals surface area contributed by atoms with Crippen molar-refractivity contribution in [1.82, 2.24) is 4.98 Å². The first-order chi connectivity index (χ1) is 5.49. The standard InChI is InChI=1S/C9H12ClNSi/c1-12(2,3)7-5-9-8(10)4-6-11-9/h4,6,11H,1-3H3. The summed E-state index contributed by atoms with van der Waals surface area (Å²) >= 11 is 5.85. The molecule has 0 atom stereocenters. The van der Waals surface area contributed by atoms with Crippen molar-refractivity contribution >= 4 is 19.7 Å². The Balaban J connectivity index is 2.87. The molecule has 0 saturated heterocycles. The van der Waals surface area contributed by atoms with Crippen LogP contribution in [-0.2, 0) is 0 Å². The van der Waals surface area contributed by atoms with Crippen molar-refractivity contribution < 1.29 is 0 Å². The van der Waals surface area contributed by atoms with Gasteiger partial charge in [0.05, 0.1) is 5.02 Å². The molecule has 3 heteroatoms. The van der Waals surface area contributed by atoms with E-state index < -0.39 is 8.07 Å². The smallest absolute Gasteiger partial charge is 0.129 e. The summed E-state index contributed by atoms with van der Waals surface area (Å²) in [5.74, 6) is 3.06. The fourth-order valence-corrected chi connectivity index (χ4v) is 1.36. The van der Waals surface area contributed by atoms with Crippen LogP contribution in [-0.4, -0.2) is 13.1 Å². The first-order valence-electron chi connectivity index (χ1n) is 3.85. The molecule has 1 heterocycles. The van der Waals surface area contributed by atoms with Crippen LogP contribution in [0.1, 0.15) is 5.69 Å². The molecule has 1 aromatic rings. The quantitative estimate of drug-likeness (QED) is 0.487. The summed E-state index contributed by atoms with van der Waals surface area (Å²) in [6.07, 6.45) is 1.80. The van der Waals surface area contributed by atoms with Crippen LogP contribution in [0, 0.1) is 11.5 Å². The second kappa shape index (κ2) is 3.38. The van der Waals surface area contributed by atoms with Crippen molar-refractivity contribution in [1.29, 1.82) is 0 Å². The van der Waals surface area contributed by atoms with Gasteiger partial charge in [-0.25, -0.2) is 0 Å². The van der Waals surface area contributed by atoms with Gasteiger partial charge in [0.2, 0.25) is 0 Å². The molecule has 0 bridgehead atoms. The lowest BCUT2D eigenvalue weighted by atomic mass is 10.4. The Morgan fingerprint density at radius 2 is 2.08 bits per heavy atom. The van der Waals surface area contributed by atoms with E-state index in [1.54, 1.807) is 6.20 Å². The molecule has 1 nitrogen and oxygen atoms in total. The third-order valence-electron chi connectivity index (χ3n) is 1.26. The van der Waals surface area contributed by atoms with Gasteiger partial charge in [0, 0.05) is 6.20 Å². The van der Waals surface area contributed by atoms with Crippen molar-refractivity contribution in [3.63, 3.8) is 0 Å². The highest BCUT2D eigenvalue weighted by molar-refractivity contribution is 6.83. The van der Waals surface area contributed by atoms with E-state index in [1.807, 2.05) is 6.07 Å². The number of H-pyrrole nitrogens is 1. The highest BCUT2D eigenvalue weighted by Gasteiger charge is 2.07. The molecule has 1 aromatic heterocycles. The summed E-state index contributed by atoms with van der Waals surface area (Å²) in [6, 6.07) is 1.82. The molecule has 0 aromatic carbocycles. The minimum absolute atomic E-state index is 0.709. The number of nitrogens with one attached hydrogen (secondary N) is 1.